The summed E-state index contributed by atoms with van der Waals surface area (Å²) in [6.45, 7) is 1.94. The molecule has 0 bridgehead atoms. The molecule has 1 atom stereocenters. The molecule has 2 aromatic rings. The summed E-state index contributed by atoms with van der Waals surface area (Å²) in [5.74, 6) is -1.01. The molecule has 1 N–H and O–H groups in total. The maximum absolute atomic E-state index is 12.1. The van der Waals surface area contributed by atoms with E-state index in [4.69, 9.17) is 5.11 Å². The van der Waals surface area contributed by atoms with Gasteiger partial charge in [0.25, 0.3) is 0 Å². The van der Waals surface area contributed by atoms with E-state index in [0.29, 0.717) is 4.90 Å². The van der Waals surface area contributed by atoms with Crippen LogP contribution < -0.4 is 0 Å². The lowest BCUT2D eigenvalue weighted by Gasteiger charge is -2.01. The standard InChI is InChI=1S/C11H10N2O3S2/c1-7-2-4-8(5-3-7)18(16)6-9-10(11(14)15)17-13-12-9/h2-5H,6H2,1H3,(H,14,15). The molecule has 94 valence electrons. The maximum Gasteiger partial charge on any atom is 0.349 e. The van der Waals surface area contributed by atoms with Gasteiger partial charge in [0, 0.05) is 4.90 Å². The Morgan fingerprint density at radius 1 is 1.39 bits per heavy atom. The van der Waals surface area contributed by atoms with Crippen LogP contribution in [0.5, 0.6) is 0 Å². The van der Waals surface area contributed by atoms with Crippen LogP contribution in [0.1, 0.15) is 20.9 Å². The van der Waals surface area contributed by atoms with Crippen molar-refractivity contribution in [3.05, 3.63) is 40.4 Å². The highest BCUT2D eigenvalue weighted by atomic mass is 32.2. The number of aromatic carboxylic acids is 1. The smallest absolute Gasteiger partial charge is 0.349 e. The van der Waals surface area contributed by atoms with Crippen LogP contribution in [0.3, 0.4) is 0 Å². The highest BCUT2D eigenvalue weighted by Gasteiger charge is 2.17. The number of carboxylic acid groups (broad SMARTS) is 1. The summed E-state index contributed by atoms with van der Waals surface area (Å²) in [6.07, 6.45) is 0. The summed E-state index contributed by atoms with van der Waals surface area (Å²) in [4.78, 5) is 11.6. The van der Waals surface area contributed by atoms with Crippen LogP contribution in [0.15, 0.2) is 29.2 Å². The summed E-state index contributed by atoms with van der Waals surface area (Å²) in [7, 11) is -1.31. The highest BCUT2D eigenvalue weighted by Crippen LogP contribution is 2.16. The first kappa shape index (κ1) is 12.8. The van der Waals surface area contributed by atoms with Crippen LogP contribution in [0.25, 0.3) is 0 Å². The van der Waals surface area contributed by atoms with Crippen LogP contribution >= 0.6 is 11.5 Å². The average Bonchev–Trinajstić information content (AvgIpc) is 2.78. The van der Waals surface area contributed by atoms with Crippen molar-refractivity contribution < 1.29 is 14.1 Å². The van der Waals surface area contributed by atoms with Crippen molar-refractivity contribution in [3.63, 3.8) is 0 Å². The largest absolute Gasteiger partial charge is 0.477 e. The van der Waals surface area contributed by atoms with Gasteiger partial charge < -0.3 is 5.11 Å². The van der Waals surface area contributed by atoms with Gasteiger partial charge >= 0.3 is 5.97 Å². The predicted octanol–water partition coefficient (Wildman–Crippen LogP) is 1.85. The van der Waals surface area contributed by atoms with Crippen LogP contribution in [-0.2, 0) is 16.6 Å². The average molecular weight is 282 g/mol. The summed E-state index contributed by atoms with van der Waals surface area (Å²) in [5.41, 5.74) is 1.35. The van der Waals surface area contributed by atoms with Gasteiger partial charge in [-0.25, -0.2) is 4.79 Å². The topological polar surface area (TPSA) is 80.2 Å². The Labute approximate surface area is 110 Å². The van der Waals surface area contributed by atoms with Crippen LogP contribution in [0.4, 0.5) is 0 Å². The molecule has 0 fully saturated rings. The van der Waals surface area contributed by atoms with E-state index in [1.807, 2.05) is 19.1 Å². The zero-order valence-electron chi connectivity index (χ0n) is 9.49. The van der Waals surface area contributed by atoms with Crippen molar-refractivity contribution in [2.75, 3.05) is 0 Å². The second kappa shape index (κ2) is 5.36. The van der Waals surface area contributed by atoms with Gasteiger partial charge in [-0.2, -0.15) is 0 Å². The number of aryl methyl sites for hydroxylation is 1. The summed E-state index contributed by atoms with van der Waals surface area (Å²) >= 11 is 0.802. The summed E-state index contributed by atoms with van der Waals surface area (Å²) < 4.78 is 15.6. The highest BCUT2D eigenvalue weighted by molar-refractivity contribution is 7.84. The third kappa shape index (κ3) is 2.80. The fourth-order valence-corrected chi connectivity index (χ4v) is 3.03. The Balaban J connectivity index is 2.19. The van der Waals surface area contributed by atoms with Gasteiger partial charge in [0.2, 0.25) is 0 Å². The molecule has 0 amide bonds. The molecule has 7 heteroatoms. The number of carboxylic acids is 1. The van der Waals surface area contributed by atoms with Crippen molar-refractivity contribution in [3.8, 4) is 0 Å². The third-order valence-corrected chi connectivity index (χ3v) is 4.39. The van der Waals surface area contributed by atoms with E-state index in [2.05, 4.69) is 9.59 Å². The minimum Gasteiger partial charge on any atom is -0.477 e. The SMILES string of the molecule is Cc1ccc(S(=O)Cc2nnsc2C(=O)O)cc1. The van der Waals surface area contributed by atoms with Gasteiger partial charge in [-0.15, -0.1) is 5.10 Å². The number of nitrogens with zero attached hydrogens (tertiary/aromatic N) is 2. The second-order valence-corrected chi connectivity index (χ2v) is 5.86. The first-order valence-corrected chi connectivity index (χ1v) is 7.16. The molecule has 0 saturated heterocycles. The molecular formula is C11H10N2O3S2. The molecule has 0 aliphatic carbocycles. The number of hydrogen-bond acceptors (Lipinski definition) is 5. The third-order valence-electron chi connectivity index (χ3n) is 2.30. The van der Waals surface area contributed by atoms with Crippen molar-refractivity contribution in [1.29, 1.82) is 0 Å². The monoisotopic (exact) mass is 282 g/mol. The lowest BCUT2D eigenvalue weighted by atomic mass is 10.2. The minimum atomic E-state index is -1.31. The van der Waals surface area contributed by atoms with E-state index < -0.39 is 16.8 Å². The van der Waals surface area contributed by atoms with E-state index in [9.17, 15) is 9.00 Å². The van der Waals surface area contributed by atoms with Gasteiger partial charge in [0.05, 0.1) is 16.6 Å². The fraction of sp³-hybridized carbons (Fsp3) is 0.182. The van der Waals surface area contributed by atoms with E-state index in [1.165, 1.54) is 0 Å². The van der Waals surface area contributed by atoms with Crippen molar-refractivity contribution in [1.82, 2.24) is 9.59 Å². The molecule has 1 unspecified atom stereocenters. The molecule has 18 heavy (non-hydrogen) atoms. The molecule has 2 rings (SSSR count). The van der Waals surface area contributed by atoms with E-state index in [1.54, 1.807) is 12.1 Å². The molecule has 0 aliphatic heterocycles. The predicted molar refractivity (Wildman–Crippen MR) is 68.2 cm³/mol. The molecule has 0 saturated carbocycles. The lowest BCUT2D eigenvalue weighted by molar-refractivity contribution is 0.0701. The van der Waals surface area contributed by atoms with Gasteiger partial charge in [-0.3, -0.25) is 4.21 Å². The van der Waals surface area contributed by atoms with Gasteiger partial charge in [0.1, 0.15) is 5.69 Å². The van der Waals surface area contributed by atoms with E-state index in [-0.39, 0.29) is 16.3 Å². The number of aromatic nitrogens is 2. The van der Waals surface area contributed by atoms with Crippen molar-refractivity contribution in [2.24, 2.45) is 0 Å². The molecule has 1 aromatic carbocycles. The number of hydrogen-bond donors (Lipinski definition) is 1. The van der Waals surface area contributed by atoms with E-state index >= 15 is 0 Å². The molecule has 1 aromatic heterocycles. The first-order chi connectivity index (χ1) is 8.58. The van der Waals surface area contributed by atoms with Gasteiger partial charge in [-0.1, -0.05) is 22.2 Å². The van der Waals surface area contributed by atoms with Crippen LogP contribution in [0.2, 0.25) is 0 Å². The summed E-state index contributed by atoms with van der Waals surface area (Å²) in [5, 5.41) is 12.6. The number of benzene rings is 1. The van der Waals surface area contributed by atoms with Gasteiger partial charge in [0.15, 0.2) is 4.88 Å². The van der Waals surface area contributed by atoms with Gasteiger partial charge in [-0.05, 0) is 30.6 Å². The Hall–Kier alpha value is -1.60. The van der Waals surface area contributed by atoms with Crippen LogP contribution in [0, 0.1) is 6.92 Å². The van der Waals surface area contributed by atoms with Crippen molar-refractivity contribution in [2.45, 2.75) is 17.6 Å². The number of rotatable bonds is 4. The van der Waals surface area contributed by atoms with Crippen molar-refractivity contribution >= 4 is 28.3 Å². The Bertz CT molecular complexity index is 593. The number of carbonyl (C=O) groups is 1. The molecular weight excluding hydrogens is 272 g/mol. The molecule has 1 heterocycles. The molecule has 0 aliphatic rings. The fourth-order valence-electron chi connectivity index (χ4n) is 1.36. The lowest BCUT2D eigenvalue weighted by Crippen LogP contribution is -2.03. The minimum absolute atomic E-state index is 0.0514. The Morgan fingerprint density at radius 2 is 2.06 bits per heavy atom. The van der Waals surface area contributed by atoms with E-state index in [0.717, 1.165) is 17.1 Å². The second-order valence-electron chi connectivity index (χ2n) is 3.66. The quantitative estimate of drug-likeness (QED) is 0.925. The molecule has 0 spiro atoms. The first-order valence-electron chi connectivity index (χ1n) is 5.07. The van der Waals surface area contributed by atoms with Crippen LogP contribution in [-0.4, -0.2) is 24.9 Å². The normalized spacial score (nSPS) is 12.3. The zero-order valence-corrected chi connectivity index (χ0v) is 11.1. The molecule has 5 nitrogen and oxygen atoms in total. The Morgan fingerprint density at radius 3 is 2.67 bits per heavy atom. The molecule has 0 radical (unpaired) electrons. The Kier molecular flexibility index (Phi) is 3.83. The zero-order chi connectivity index (χ0) is 13.1. The summed E-state index contributed by atoms with van der Waals surface area (Å²) in [6, 6.07) is 7.27. The maximum atomic E-state index is 12.1.